The zero-order chi connectivity index (χ0) is 20.9. The van der Waals surface area contributed by atoms with Crippen molar-refractivity contribution in [2.45, 2.75) is 51.6 Å². The van der Waals surface area contributed by atoms with E-state index >= 15 is 0 Å². The van der Waals surface area contributed by atoms with Gasteiger partial charge in [0.15, 0.2) is 0 Å². The second-order valence-corrected chi connectivity index (χ2v) is 8.56. The van der Waals surface area contributed by atoms with Gasteiger partial charge < -0.3 is 9.08 Å². The van der Waals surface area contributed by atoms with E-state index in [-0.39, 0.29) is 28.5 Å². The summed E-state index contributed by atoms with van der Waals surface area (Å²) in [7, 11) is -4.04. The van der Waals surface area contributed by atoms with Gasteiger partial charge in [0.25, 0.3) is 0 Å². The van der Waals surface area contributed by atoms with Gasteiger partial charge in [-0.15, -0.1) is 0 Å². The first-order valence-electron chi connectivity index (χ1n) is 9.23. The van der Waals surface area contributed by atoms with E-state index in [1.807, 2.05) is 32.6 Å². The first-order valence-corrected chi connectivity index (χ1v) is 10.6. The number of hydrogen-bond donors (Lipinski definition) is 0. The topological polar surface area (TPSA) is 63.7 Å². The third-order valence-corrected chi connectivity index (χ3v) is 5.75. The maximum atomic E-state index is 13.0. The minimum atomic E-state index is -4.04. The zero-order valence-electron chi connectivity index (χ0n) is 16.6. The van der Waals surface area contributed by atoms with Gasteiger partial charge in [-0.3, -0.25) is 4.79 Å². The first kappa shape index (κ1) is 21.9. The summed E-state index contributed by atoms with van der Waals surface area (Å²) >= 11 is 0. The third kappa shape index (κ3) is 5.55. The van der Waals surface area contributed by atoms with Crippen LogP contribution in [0.25, 0.3) is 0 Å². The number of carbonyl (C=O) groups excluding carboxylic acids is 1. The second kappa shape index (κ2) is 9.19. The number of halogens is 1. The predicted octanol–water partition coefficient (Wildman–Crippen LogP) is 4.38. The van der Waals surface area contributed by atoms with Crippen LogP contribution >= 0.6 is 0 Å². The van der Waals surface area contributed by atoms with Gasteiger partial charge in [-0.2, -0.15) is 8.42 Å². The quantitative estimate of drug-likeness (QED) is 0.610. The molecule has 0 radical (unpaired) electrons. The molecule has 5 nitrogen and oxygen atoms in total. The van der Waals surface area contributed by atoms with E-state index in [0.29, 0.717) is 6.54 Å². The van der Waals surface area contributed by atoms with Crippen molar-refractivity contribution in [2.75, 3.05) is 0 Å². The van der Waals surface area contributed by atoms with E-state index in [0.717, 1.165) is 36.2 Å². The molecule has 0 saturated carbocycles. The fraction of sp³-hybridized carbons (Fsp3) is 0.381. The Balaban J connectivity index is 2.14. The van der Waals surface area contributed by atoms with Crippen molar-refractivity contribution in [3.05, 3.63) is 59.9 Å². The van der Waals surface area contributed by atoms with Gasteiger partial charge in [0, 0.05) is 18.5 Å². The van der Waals surface area contributed by atoms with Crippen LogP contribution in [0.15, 0.2) is 53.4 Å². The largest absolute Gasteiger partial charge is 0.379 e. The van der Waals surface area contributed by atoms with Crippen molar-refractivity contribution in [1.29, 1.82) is 0 Å². The highest BCUT2D eigenvalue weighted by atomic mass is 32.2. The molecule has 0 bridgehead atoms. The summed E-state index contributed by atoms with van der Waals surface area (Å²) < 4.78 is 42.6. The van der Waals surface area contributed by atoms with Crippen LogP contribution in [0.1, 0.15) is 39.7 Å². The van der Waals surface area contributed by atoms with Crippen LogP contribution in [0.3, 0.4) is 0 Å². The Hall–Kier alpha value is -2.41. The molecule has 2 aromatic rings. The Bertz CT molecular complexity index is 893. The van der Waals surface area contributed by atoms with Crippen molar-refractivity contribution in [3.8, 4) is 5.75 Å². The van der Waals surface area contributed by atoms with Crippen molar-refractivity contribution in [2.24, 2.45) is 5.92 Å². The summed E-state index contributed by atoms with van der Waals surface area (Å²) in [6, 6.07) is 11.1. The first-order chi connectivity index (χ1) is 13.1. The summed E-state index contributed by atoms with van der Waals surface area (Å²) in [4.78, 5) is 14.2. The number of nitrogens with zero attached hydrogens (tertiary/aromatic N) is 1. The highest BCUT2D eigenvalue weighted by Gasteiger charge is 2.22. The number of rotatable bonds is 8. The van der Waals surface area contributed by atoms with Crippen LogP contribution < -0.4 is 4.18 Å². The molecule has 0 aliphatic carbocycles. The maximum absolute atomic E-state index is 13.0. The lowest BCUT2D eigenvalue weighted by atomic mass is 10.1. The highest BCUT2D eigenvalue weighted by molar-refractivity contribution is 7.87. The molecule has 1 amide bonds. The molecule has 0 fully saturated rings. The molecular formula is C21H26FNO4S. The molecule has 0 aromatic heterocycles. The molecule has 28 heavy (non-hydrogen) atoms. The van der Waals surface area contributed by atoms with Crippen LogP contribution in [0.5, 0.6) is 5.75 Å². The van der Waals surface area contributed by atoms with Crippen LogP contribution in [0.2, 0.25) is 0 Å². The lowest BCUT2D eigenvalue weighted by Crippen LogP contribution is -2.40. The summed E-state index contributed by atoms with van der Waals surface area (Å²) in [5.74, 6) is -0.394. The van der Waals surface area contributed by atoms with E-state index in [9.17, 15) is 17.6 Å². The van der Waals surface area contributed by atoms with Gasteiger partial charge in [-0.1, -0.05) is 32.9 Å². The van der Waals surface area contributed by atoms with Crippen LogP contribution in [-0.4, -0.2) is 25.3 Å². The molecule has 2 aromatic carbocycles. The van der Waals surface area contributed by atoms with Gasteiger partial charge in [0.2, 0.25) is 5.91 Å². The molecule has 0 N–H and O–H groups in total. The maximum Gasteiger partial charge on any atom is 0.339 e. The lowest BCUT2D eigenvalue weighted by Gasteiger charge is -2.30. The molecule has 152 valence electrons. The summed E-state index contributed by atoms with van der Waals surface area (Å²) in [5.41, 5.74) is 0.876. The number of amides is 1. The molecule has 0 heterocycles. The molecule has 7 heteroatoms. The molecule has 0 unspecified atom stereocenters. The normalized spacial score (nSPS) is 12.6. The van der Waals surface area contributed by atoms with Gasteiger partial charge in [-0.05, 0) is 55.3 Å². The monoisotopic (exact) mass is 407 g/mol. The molecule has 1 atom stereocenters. The van der Waals surface area contributed by atoms with E-state index in [1.54, 1.807) is 24.3 Å². The van der Waals surface area contributed by atoms with Gasteiger partial charge in [0.05, 0.1) is 0 Å². The summed E-state index contributed by atoms with van der Waals surface area (Å²) in [6.07, 6.45) is 0.843. The van der Waals surface area contributed by atoms with Gasteiger partial charge >= 0.3 is 10.1 Å². The smallest absolute Gasteiger partial charge is 0.339 e. The minimum Gasteiger partial charge on any atom is -0.379 e. The van der Waals surface area contributed by atoms with Crippen LogP contribution in [0, 0.1) is 11.7 Å². The molecule has 0 saturated heterocycles. The lowest BCUT2D eigenvalue weighted by molar-refractivity contribution is -0.137. The highest BCUT2D eigenvalue weighted by Crippen LogP contribution is 2.21. The summed E-state index contributed by atoms with van der Waals surface area (Å²) in [5, 5.41) is 0. The Labute approximate surface area is 166 Å². The van der Waals surface area contributed by atoms with E-state index in [1.165, 1.54) is 0 Å². The minimum absolute atomic E-state index is 0.0774. The second-order valence-electron chi connectivity index (χ2n) is 7.01. The predicted molar refractivity (Wildman–Crippen MR) is 106 cm³/mol. The Morgan fingerprint density at radius 1 is 1.04 bits per heavy atom. The number of hydrogen-bond acceptors (Lipinski definition) is 4. The van der Waals surface area contributed by atoms with E-state index < -0.39 is 15.9 Å². The van der Waals surface area contributed by atoms with Crippen LogP contribution in [-0.2, 0) is 21.5 Å². The SMILES string of the molecule is CC[C@@H](C)N(Cc1ccc(OS(=O)(=O)c2ccc(F)cc2)cc1)C(=O)C(C)C. The molecular weight excluding hydrogens is 381 g/mol. The van der Waals surface area contributed by atoms with E-state index in [2.05, 4.69) is 0 Å². The molecule has 2 rings (SSSR count). The fourth-order valence-corrected chi connectivity index (χ4v) is 3.56. The van der Waals surface area contributed by atoms with Crippen molar-refractivity contribution in [3.63, 3.8) is 0 Å². The Morgan fingerprint density at radius 3 is 2.11 bits per heavy atom. The van der Waals surface area contributed by atoms with Gasteiger partial charge in [-0.25, -0.2) is 4.39 Å². The van der Waals surface area contributed by atoms with Crippen molar-refractivity contribution >= 4 is 16.0 Å². The molecule has 0 aliphatic rings. The molecule has 0 aliphatic heterocycles. The standard InChI is InChI=1S/C21H26FNO4S/c1-5-16(4)23(21(24)15(2)3)14-17-6-10-19(11-7-17)27-28(25,26)20-12-8-18(22)9-13-20/h6-13,15-16H,5,14H2,1-4H3/t16-/m1/s1. The Morgan fingerprint density at radius 2 is 1.61 bits per heavy atom. The Kier molecular flexibility index (Phi) is 7.18. The van der Waals surface area contributed by atoms with Crippen molar-refractivity contribution < 1.29 is 21.8 Å². The number of benzene rings is 2. The third-order valence-electron chi connectivity index (χ3n) is 4.48. The number of carbonyl (C=O) groups is 1. The summed E-state index contributed by atoms with van der Waals surface area (Å²) in [6.45, 7) is 8.22. The zero-order valence-corrected chi connectivity index (χ0v) is 17.4. The fourth-order valence-electron chi connectivity index (χ4n) is 2.63. The van der Waals surface area contributed by atoms with Crippen molar-refractivity contribution in [1.82, 2.24) is 4.90 Å². The molecule has 0 spiro atoms. The average molecular weight is 408 g/mol. The van der Waals surface area contributed by atoms with Crippen LogP contribution in [0.4, 0.5) is 4.39 Å². The van der Waals surface area contributed by atoms with E-state index in [4.69, 9.17) is 4.18 Å². The van der Waals surface area contributed by atoms with Gasteiger partial charge in [0.1, 0.15) is 16.5 Å². The average Bonchev–Trinajstić information content (AvgIpc) is 2.66.